The second-order valence-electron chi connectivity index (χ2n) is 6.79. The lowest BCUT2D eigenvalue weighted by Gasteiger charge is -2.30. The Hall–Kier alpha value is -3.49. The van der Waals surface area contributed by atoms with E-state index in [1.165, 1.54) is 29.2 Å². The summed E-state index contributed by atoms with van der Waals surface area (Å²) in [4.78, 5) is 33.2. The van der Waals surface area contributed by atoms with Crippen molar-refractivity contribution in [3.63, 3.8) is 0 Å². The molecule has 0 spiro atoms. The van der Waals surface area contributed by atoms with Crippen LogP contribution in [0, 0.1) is 0 Å². The third-order valence-electron chi connectivity index (χ3n) is 4.68. The molecule has 2 N–H and O–H groups in total. The Morgan fingerprint density at radius 1 is 1.31 bits per heavy atom. The Morgan fingerprint density at radius 2 is 2.07 bits per heavy atom. The highest BCUT2D eigenvalue weighted by atomic mass is 16.5. The van der Waals surface area contributed by atoms with Gasteiger partial charge in [0.15, 0.2) is 0 Å². The summed E-state index contributed by atoms with van der Waals surface area (Å²) in [6.07, 6.45) is 1.41. The summed E-state index contributed by atoms with van der Waals surface area (Å²) in [6.45, 7) is 0.110. The van der Waals surface area contributed by atoms with Crippen LogP contribution in [0.1, 0.15) is 15.9 Å². The van der Waals surface area contributed by atoms with Crippen molar-refractivity contribution in [1.29, 1.82) is 0 Å². The molecular formula is C20H24N4O5. The normalized spacial score (nSPS) is 15.8. The van der Waals surface area contributed by atoms with Crippen molar-refractivity contribution in [3.05, 3.63) is 41.6 Å². The fraction of sp³-hybridized carbons (Fsp3) is 0.350. The van der Waals surface area contributed by atoms with E-state index in [2.05, 4.69) is 4.98 Å². The van der Waals surface area contributed by atoms with E-state index in [4.69, 9.17) is 19.9 Å². The molecule has 2 heterocycles. The molecule has 0 radical (unpaired) electrons. The van der Waals surface area contributed by atoms with Crippen LogP contribution in [0.25, 0.3) is 0 Å². The van der Waals surface area contributed by atoms with Crippen LogP contribution in [-0.2, 0) is 11.3 Å². The van der Waals surface area contributed by atoms with Gasteiger partial charge in [-0.3, -0.25) is 9.59 Å². The van der Waals surface area contributed by atoms with Gasteiger partial charge in [-0.05, 0) is 18.2 Å². The largest absolute Gasteiger partial charge is 0.497 e. The second kappa shape index (κ2) is 8.26. The molecule has 9 heteroatoms. The molecule has 0 aliphatic carbocycles. The number of aromatic nitrogens is 1. The monoisotopic (exact) mass is 400 g/mol. The number of nitrogens with zero attached hydrogens (tertiary/aromatic N) is 3. The van der Waals surface area contributed by atoms with Crippen LogP contribution >= 0.6 is 0 Å². The van der Waals surface area contributed by atoms with Crippen molar-refractivity contribution >= 4 is 17.5 Å². The summed E-state index contributed by atoms with van der Waals surface area (Å²) in [5, 5.41) is 0. The molecule has 1 aliphatic rings. The van der Waals surface area contributed by atoms with Gasteiger partial charge in [0.05, 0.1) is 32.6 Å². The molecule has 9 nitrogen and oxygen atoms in total. The smallest absolute Gasteiger partial charge is 0.260 e. The van der Waals surface area contributed by atoms with Gasteiger partial charge in [0.25, 0.3) is 5.91 Å². The van der Waals surface area contributed by atoms with E-state index in [0.717, 1.165) is 5.56 Å². The highest BCUT2D eigenvalue weighted by Crippen LogP contribution is 2.30. The third kappa shape index (κ3) is 4.03. The van der Waals surface area contributed by atoms with Crippen molar-refractivity contribution < 1.29 is 23.8 Å². The van der Waals surface area contributed by atoms with Gasteiger partial charge in [-0.15, -0.1) is 0 Å². The maximum Gasteiger partial charge on any atom is 0.260 e. The molecule has 2 amide bonds. The highest BCUT2D eigenvalue weighted by Gasteiger charge is 2.37. The number of likely N-dealkylation sites (N-methyl/N-ethyl adjacent to an activating group) is 1. The zero-order valence-electron chi connectivity index (χ0n) is 16.8. The molecule has 0 fully saturated rings. The van der Waals surface area contributed by atoms with Crippen LogP contribution in [0.5, 0.6) is 17.4 Å². The summed E-state index contributed by atoms with van der Waals surface area (Å²) in [5.41, 5.74) is 7.08. The van der Waals surface area contributed by atoms with Gasteiger partial charge in [0.1, 0.15) is 29.7 Å². The number of amides is 2. The van der Waals surface area contributed by atoms with E-state index in [-0.39, 0.29) is 30.5 Å². The predicted octanol–water partition coefficient (Wildman–Crippen LogP) is 1.17. The molecule has 29 heavy (non-hydrogen) atoms. The van der Waals surface area contributed by atoms with Crippen LogP contribution < -0.4 is 19.9 Å². The van der Waals surface area contributed by atoms with Crippen molar-refractivity contribution in [2.75, 3.05) is 40.7 Å². The minimum absolute atomic E-state index is 0.0227. The maximum atomic E-state index is 13.4. The Bertz CT molecular complexity index is 931. The number of carbonyl (C=O) groups excluding carboxylic acids is 2. The first-order chi connectivity index (χ1) is 13.8. The average molecular weight is 400 g/mol. The van der Waals surface area contributed by atoms with Crippen LogP contribution in [0.15, 0.2) is 30.5 Å². The molecule has 1 atom stereocenters. The molecule has 1 aromatic heterocycles. The number of carbonyl (C=O) groups is 2. The molecule has 0 saturated heterocycles. The maximum absolute atomic E-state index is 13.4. The second-order valence-corrected chi connectivity index (χ2v) is 6.79. The minimum atomic E-state index is -0.834. The van der Waals surface area contributed by atoms with E-state index in [1.807, 2.05) is 0 Å². The molecule has 1 aromatic carbocycles. The zero-order valence-corrected chi connectivity index (χ0v) is 16.8. The molecule has 0 saturated carbocycles. The van der Waals surface area contributed by atoms with E-state index < -0.39 is 11.9 Å². The van der Waals surface area contributed by atoms with E-state index >= 15 is 0 Å². The van der Waals surface area contributed by atoms with E-state index in [0.29, 0.717) is 17.2 Å². The highest BCUT2D eigenvalue weighted by molar-refractivity contribution is 6.00. The number of ether oxygens (including phenoxy) is 3. The van der Waals surface area contributed by atoms with Crippen LogP contribution in [0.3, 0.4) is 0 Å². The number of hydrogen-bond donors (Lipinski definition) is 1. The number of methoxy groups -OCH3 is 2. The molecule has 3 rings (SSSR count). The number of anilines is 1. The van der Waals surface area contributed by atoms with Gasteiger partial charge in [0.2, 0.25) is 11.8 Å². The summed E-state index contributed by atoms with van der Waals surface area (Å²) in [5.74, 6) is 0.676. The van der Waals surface area contributed by atoms with Gasteiger partial charge in [-0.2, -0.15) is 0 Å². The van der Waals surface area contributed by atoms with Crippen molar-refractivity contribution in [2.24, 2.45) is 0 Å². The fourth-order valence-electron chi connectivity index (χ4n) is 3.13. The fourth-order valence-corrected chi connectivity index (χ4v) is 3.13. The van der Waals surface area contributed by atoms with Crippen molar-refractivity contribution in [2.45, 2.75) is 12.6 Å². The minimum Gasteiger partial charge on any atom is -0.497 e. The van der Waals surface area contributed by atoms with Gasteiger partial charge >= 0.3 is 0 Å². The van der Waals surface area contributed by atoms with Gasteiger partial charge in [-0.1, -0.05) is 0 Å². The molecule has 2 aromatic rings. The number of nitrogen functional groups attached to an aromatic ring is 1. The number of rotatable bonds is 5. The Morgan fingerprint density at radius 3 is 2.72 bits per heavy atom. The van der Waals surface area contributed by atoms with Crippen LogP contribution in [-0.4, -0.2) is 67.6 Å². The first kappa shape index (κ1) is 20.2. The van der Waals surface area contributed by atoms with Gasteiger partial charge in [-0.25, -0.2) is 4.98 Å². The lowest BCUT2D eigenvalue weighted by Crippen LogP contribution is -2.50. The third-order valence-corrected chi connectivity index (χ3v) is 4.68. The molecular weight excluding hydrogens is 376 g/mol. The zero-order chi connectivity index (χ0) is 21.1. The van der Waals surface area contributed by atoms with E-state index in [9.17, 15) is 9.59 Å². The first-order valence-electron chi connectivity index (χ1n) is 8.97. The molecule has 0 bridgehead atoms. The van der Waals surface area contributed by atoms with Gasteiger partial charge < -0.3 is 29.7 Å². The number of hydrogen-bond acceptors (Lipinski definition) is 7. The number of benzene rings is 1. The summed E-state index contributed by atoms with van der Waals surface area (Å²) >= 11 is 0. The van der Waals surface area contributed by atoms with Crippen LogP contribution in [0.2, 0.25) is 0 Å². The van der Waals surface area contributed by atoms with Gasteiger partial charge in [0, 0.05) is 25.7 Å². The SMILES string of the molecule is COc1ccc(CN2C(=O)c3cc(N)cnc3OCC2C(=O)N(C)C)c(OC)c1. The summed E-state index contributed by atoms with van der Waals surface area (Å²) in [6, 6.07) is 5.97. The lowest BCUT2D eigenvalue weighted by molar-refractivity contribution is -0.134. The first-order valence-corrected chi connectivity index (χ1v) is 8.97. The Labute approximate surface area is 169 Å². The molecule has 1 unspecified atom stereocenters. The lowest BCUT2D eigenvalue weighted by atomic mass is 10.1. The van der Waals surface area contributed by atoms with Crippen molar-refractivity contribution in [1.82, 2.24) is 14.8 Å². The summed E-state index contributed by atoms with van der Waals surface area (Å²) in [7, 11) is 6.36. The number of nitrogens with two attached hydrogens (primary N) is 1. The molecule has 1 aliphatic heterocycles. The number of pyridine rings is 1. The summed E-state index contributed by atoms with van der Waals surface area (Å²) < 4.78 is 16.4. The Kier molecular flexibility index (Phi) is 5.76. The predicted molar refractivity (Wildman–Crippen MR) is 106 cm³/mol. The number of fused-ring (bicyclic) bond motifs is 1. The molecule has 154 valence electrons. The Balaban J connectivity index is 2.05. The van der Waals surface area contributed by atoms with E-state index in [1.54, 1.807) is 39.4 Å². The quantitative estimate of drug-likeness (QED) is 0.803. The average Bonchev–Trinajstić information content (AvgIpc) is 2.85. The van der Waals surface area contributed by atoms with Crippen molar-refractivity contribution in [3.8, 4) is 17.4 Å². The standard InChI is InChI=1S/C20H24N4O5/c1-23(2)20(26)16-11-29-18-15(7-13(21)9-22-18)19(25)24(16)10-12-5-6-14(27-3)8-17(12)28-4/h5-9,16H,10-11,21H2,1-4H3. The van der Waals surface area contributed by atoms with Crippen LogP contribution in [0.4, 0.5) is 5.69 Å². The topological polar surface area (TPSA) is 107 Å².